The Hall–Kier alpha value is -2.55. The summed E-state index contributed by atoms with van der Waals surface area (Å²) in [6, 6.07) is 0. The average Bonchev–Trinajstić information content (AvgIpc) is 3.12. The normalized spacial score (nSPS) is 14.4. The molecular weight excluding hydrogens is 701 g/mol. The van der Waals surface area contributed by atoms with Crippen LogP contribution in [0.15, 0.2) is 72.9 Å². The minimum Gasteiger partial charge on any atom is -0.756 e. The molecule has 0 aromatic heterocycles. The van der Waals surface area contributed by atoms with Gasteiger partial charge in [-0.1, -0.05) is 138 Å². The summed E-state index contributed by atoms with van der Waals surface area (Å²) in [5.74, 6) is -0.886. The van der Waals surface area contributed by atoms with Crippen LogP contribution < -0.4 is 4.89 Å². The van der Waals surface area contributed by atoms with Crippen molar-refractivity contribution < 1.29 is 42.1 Å². The van der Waals surface area contributed by atoms with Gasteiger partial charge in [-0.05, 0) is 64.2 Å². The maximum atomic E-state index is 12.6. The number of esters is 2. The van der Waals surface area contributed by atoms with Crippen LogP contribution in [0.3, 0.4) is 0 Å². The molecule has 10 heteroatoms. The van der Waals surface area contributed by atoms with Crippen molar-refractivity contribution in [1.82, 2.24) is 0 Å². The van der Waals surface area contributed by atoms with Crippen molar-refractivity contribution in [3.63, 3.8) is 0 Å². The molecule has 0 bridgehead atoms. The predicted molar refractivity (Wildman–Crippen MR) is 222 cm³/mol. The smallest absolute Gasteiger partial charge is 0.306 e. The van der Waals surface area contributed by atoms with Gasteiger partial charge < -0.3 is 27.9 Å². The molecule has 0 aromatic carbocycles. The first-order valence-electron chi connectivity index (χ1n) is 20.7. The van der Waals surface area contributed by atoms with E-state index in [1.165, 1.54) is 25.7 Å². The monoisotopic (exact) mass is 778 g/mol. The lowest BCUT2D eigenvalue weighted by Gasteiger charge is -2.28. The Morgan fingerprint density at radius 3 is 1.72 bits per heavy atom. The highest BCUT2D eigenvalue weighted by Crippen LogP contribution is 2.38. The van der Waals surface area contributed by atoms with Crippen LogP contribution in [0.2, 0.25) is 0 Å². The van der Waals surface area contributed by atoms with Crippen molar-refractivity contribution >= 4 is 19.8 Å². The number of carbonyl (C=O) groups is 2. The Labute approximate surface area is 329 Å². The van der Waals surface area contributed by atoms with Crippen LogP contribution in [0.1, 0.15) is 142 Å². The number of unbranched alkanes of at least 4 members (excludes halogenated alkanes) is 13. The van der Waals surface area contributed by atoms with Crippen LogP contribution in [0.4, 0.5) is 0 Å². The van der Waals surface area contributed by atoms with Gasteiger partial charge in [-0.15, -0.1) is 0 Å². The largest absolute Gasteiger partial charge is 0.756 e. The molecule has 0 saturated heterocycles. The van der Waals surface area contributed by atoms with Gasteiger partial charge in [0.2, 0.25) is 0 Å². The van der Waals surface area contributed by atoms with Gasteiger partial charge in [0.25, 0.3) is 7.82 Å². The highest BCUT2D eigenvalue weighted by atomic mass is 31.2. The molecule has 54 heavy (non-hydrogen) atoms. The van der Waals surface area contributed by atoms with Gasteiger partial charge >= 0.3 is 11.9 Å². The molecular formula is C44H76NO8P. The third kappa shape index (κ3) is 39.2. The highest BCUT2D eigenvalue weighted by Gasteiger charge is 2.21. The van der Waals surface area contributed by atoms with Crippen molar-refractivity contribution in [1.29, 1.82) is 0 Å². The lowest BCUT2D eigenvalue weighted by Crippen LogP contribution is -2.37. The third-order valence-electron chi connectivity index (χ3n) is 8.31. The molecule has 9 nitrogen and oxygen atoms in total. The summed E-state index contributed by atoms with van der Waals surface area (Å²) in [6.07, 6.45) is 43.5. The molecule has 2 atom stereocenters. The second-order valence-corrected chi connectivity index (χ2v) is 16.1. The van der Waals surface area contributed by atoms with Gasteiger partial charge in [-0.25, -0.2) is 0 Å². The summed E-state index contributed by atoms with van der Waals surface area (Å²) in [7, 11) is 1.13. The van der Waals surface area contributed by atoms with E-state index in [0.29, 0.717) is 23.9 Å². The Kier molecular flexibility index (Phi) is 34.4. The van der Waals surface area contributed by atoms with E-state index in [2.05, 4.69) is 56.4 Å². The molecule has 0 aliphatic heterocycles. The van der Waals surface area contributed by atoms with Gasteiger partial charge in [0.05, 0.1) is 27.7 Å². The van der Waals surface area contributed by atoms with Crippen LogP contribution in [-0.2, 0) is 32.7 Å². The number of hydrogen-bond donors (Lipinski definition) is 0. The molecule has 0 aliphatic carbocycles. The van der Waals surface area contributed by atoms with Crippen LogP contribution >= 0.6 is 7.82 Å². The SMILES string of the molecule is CC/C=C/C=C/C=C/C=C/CCCCCCCC(=O)OC[C@H](COP(=O)([O-])OCC[N+](C)(C)C)OC(=O)CCCCCCC/C=C\C/C=C\CCCCC. The number of rotatable bonds is 36. The molecule has 310 valence electrons. The quantitative estimate of drug-likeness (QED) is 0.0154. The number of carbonyl (C=O) groups excluding carboxylic acids is 2. The molecule has 0 aliphatic rings. The van der Waals surface area contributed by atoms with Crippen molar-refractivity contribution in [3.8, 4) is 0 Å². The van der Waals surface area contributed by atoms with E-state index >= 15 is 0 Å². The second-order valence-electron chi connectivity index (χ2n) is 14.7. The minimum atomic E-state index is -4.64. The van der Waals surface area contributed by atoms with E-state index in [0.717, 1.165) is 77.0 Å². The first-order chi connectivity index (χ1) is 26.0. The molecule has 0 rings (SSSR count). The molecule has 0 spiro atoms. The minimum absolute atomic E-state index is 0.0418. The fraction of sp³-hybridized carbons (Fsp3) is 0.682. The van der Waals surface area contributed by atoms with Crippen molar-refractivity contribution in [3.05, 3.63) is 72.9 Å². The molecule has 0 heterocycles. The zero-order chi connectivity index (χ0) is 40.0. The van der Waals surface area contributed by atoms with Gasteiger partial charge in [-0.2, -0.15) is 0 Å². The topological polar surface area (TPSA) is 111 Å². The van der Waals surface area contributed by atoms with E-state index in [9.17, 15) is 19.0 Å². The third-order valence-corrected chi connectivity index (χ3v) is 9.27. The predicted octanol–water partition coefficient (Wildman–Crippen LogP) is 10.8. The first-order valence-corrected chi connectivity index (χ1v) is 22.2. The van der Waals surface area contributed by atoms with Crippen molar-refractivity contribution in [2.75, 3.05) is 47.5 Å². The fourth-order valence-electron chi connectivity index (χ4n) is 5.05. The van der Waals surface area contributed by atoms with E-state index < -0.39 is 32.5 Å². The van der Waals surface area contributed by atoms with E-state index in [1.807, 2.05) is 51.5 Å². The number of phosphoric acid groups is 1. The lowest BCUT2D eigenvalue weighted by atomic mass is 10.1. The van der Waals surface area contributed by atoms with Crippen LogP contribution in [0, 0.1) is 0 Å². The standard InChI is InChI=1S/C44H76NO8P/c1-6-8-10-12-14-16-18-20-22-24-26-28-30-32-34-36-43(46)50-40-42(41-52-54(48,49)51-39-38-45(3,4)5)53-44(47)37-35-33-31-29-27-25-23-21-19-17-15-13-11-9-7-2/h8,10,12,14-18,20-23,42H,6-7,9,11,13,19,24-41H2,1-5H3/b10-8+,14-12+,17-15-,18-16+,22-20+,23-21-/t42-/m1/s1. The molecule has 0 amide bonds. The number of phosphoric ester groups is 1. The number of allylic oxidation sites excluding steroid dienone is 12. The number of likely N-dealkylation sites (N-methyl/N-ethyl adjacent to an activating group) is 1. The summed E-state index contributed by atoms with van der Waals surface area (Å²) in [4.78, 5) is 37.4. The molecule has 0 aromatic rings. The maximum absolute atomic E-state index is 12.6. The Morgan fingerprint density at radius 2 is 1.13 bits per heavy atom. The summed E-state index contributed by atoms with van der Waals surface area (Å²) in [5.41, 5.74) is 0. The van der Waals surface area contributed by atoms with E-state index in [-0.39, 0.29) is 26.1 Å². The maximum Gasteiger partial charge on any atom is 0.306 e. The van der Waals surface area contributed by atoms with Gasteiger partial charge in [0, 0.05) is 12.8 Å². The summed E-state index contributed by atoms with van der Waals surface area (Å²) >= 11 is 0. The molecule has 1 unspecified atom stereocenters. The van der Waals surface area contributed by atoms with Crippen LogP contribution in [0.5, 0.6) is 0 Å². The second kappa shape index (κ2) is 36.1. The van der Waals surface area contributed by atoms with Gasteiger partial charge in [0.15, 0.2) is 6.10 Å². The van der Waals surface area contributed by atoms with Crippen LogP contribution in [-0.4, -0.2) is 70.0 Å². The number of quaternary nitrogens is 1. The number of hydrogen-bond acceptors (Lipinski definition) is 8. The number of nitrogens with zero attached hydrogens (tertiary/aromatic N) is 1. The molecule has 0 fully saturated rings. The van der Waals surface area contributed by atoms with Crippen molar-refractivity contribution in [2.45, 2.75) is 148 Å². The van der Waals surface area contributed by atoms with E-state index in [1.54, 1.807) is 0 Å². The van der Waals surface area contributed by atoms with Gasteiger partial charge in [0.1, 0.15) is 19.8 Å². The van der Waals surface area contributed by atoms with Crippen LogP contribution in [0.25, 0.3) is 0 Å². The molecule has 0 radical (unpaired) electrons. The zero-order valence-corrected chi connectivity index (χ0v) is 35.5. The molecule has 0 N–H and O–H groups in total. The Bertz CT molecular complexity index is 1150. The fourth-order valence-corrected chi connectivity index (χ4v) is 5.77. The van der Waals surface area contributed by atoms with Crippen molar-refractivity contribution in [2.24, 2.45) is 0 Å². The average molecular weight is 778 g/mol. The van der Waals surface area contributed by atoms with Gasteiger partial charge in [-0.3, -0.25) is 14.2 Å². The summed E-state index contributed by atoms with van der Waals surface area (Å²) < 4.78 is 33.8. The Morgan fingerprint density at radius 1 is 0.611 bits per heavy atom. The van der Waals surface area contributed by atoms with E-state index in [4.69, 9.17) is 18.5 Å². The lowest BCUT2D eigenvalue weighted by molar-refractivity contribution is -0.870. The first kappa shape index (κ1) is 51.5. The summed E-state index contributed by atoms with van der Waals surface area (Å²) in [5, 5.41) is 0. The molecule has 0 saturated carbocycles. The Balaban J connectivity index is 4.48. The highest BCUT2D eigenvalue weighted by molar-refractivity contribution is 7.45. The number of ether oxygens (including phenoxy) is 2. The summed E-state index contributed by atoms with van der Waals surface area (Å²) in [6.45, 7) is 3.99. The zero-order valence-electron chi connectivity index (χ0n) is 34.6.